The van der Waals surface area contributed by atoms with Crippen LogP contribution in [0.15, 0.2) is 66.7 Å². The van der Waals surface area contributed by atoms with Gasteiger partial charge in [0.2, 0.25) is 5.91 Å². The number of aliphatic carboxylic acids is 1. The van der Waals surface area contributed by atoms with Crippen LogP contribution < -0.4 is 5.32 Å². The van der Waals surface area contributed by atoms with Gasteiger partial charge in [-0.15, -0.1) is 0 Å². The number of carboxylic acid groups (broad SMARTS) is 1. The minimum absolute atomic E-state index is 0.213. The number of carbonyl (C=O) groups excluding carboxylic acids is 3. The first-order valence-corrected chi connectivity index (χ1v) is 7.53. The van der Waals surface area contributed by atoms with Gasteiger partial charge in [-0.25, -0.2) is 9.59 Å². The van der Waals surface area contributed by atoms with Crippen molar-refractivity contribution in [3.05, 3.63) is 77.9 Å². The van der Waals surface area contributed by atoms with Gasteiger partial charge in [-0.1, -0.05) is 30.3 Å². The first kappa shape index (κ1) is 18.6. The molecule has 7 nitrogen and oxygen atoms in total. The molecular formula is C19H15NO6. The van der Waals surface area contributed by atoms with Crippen LogP contribution in [0.25, 0.3) is 0 Å². The second-order valence-corrected chi connectivity index (χ2v) is 5.10. The van der Waals surface area contributed by atoms with E-state index in [4.69, 9.17) is 9.84 Å². The summed E-state index contributed by atoms with van der Waals surface area (Å²) in [5.74, 6) is -2.83. The number of amides is 1. The van der Waals surface area contributed by atoms with Crippen molar-refractivity contribution in [3.63, 3.8) is 0 Å². The molecule has 0 aliphatic heterocycles. The zero-order valence-electron chi connectivity index (χ0n) is 13.5. The number of ether oxygens (including phenoxy) is 1. The van der Waals surface area contributed by atoms with Crippen molar-refractivity contribution in [1.29, 1.82) is 0 Å². The van der Waals surface area contributed by atoms with Gasteiger partial charge >= 0.3 is 11.9 Å². The van der Waals surface area contributed by atoms with Crippen molar-refractivity contribution in [2.24, 2.45) is 0 Å². The number of nitrogens with one attached hydrogen (secondary N) is 1. The van der Waals surface area contributed by atoms with Gasteiger partial charge in [-0.2, -0.15) is 0 Å². The molecule has 0 saturated heterocycles. The molecule has 0 aliphatic rings. The molecule has 132 valence electrons. The second kappa shape index (κ2) is 8.93. The maximum absolute atomic E-state index is 12.0. The molecule has 0 saturated carbocycles. The summed E-state index contributed by atoms with van der Waals surface area (Å²) in [7, 11) is 0. The van der Waals surface area contributed by atoms with E-state index in [0.29, 0.717) is 17.3 Å². The minimum atomic E-state index is -1.23. The number of hydrogen-bond donors (Lipinski definition) is 2. The summed E-state index contributed by atoms with van der Waals surface area (Å²) in [5, 5.41) is 10.9. The lowest BCUT2D eigenvalue weighted by molar-refractivity contribution is -0.131. The van der Waals surface area contributed by atoms with Crippen LogP contribution in [-0.2, 0) is 14.3 Å². The third-order valence-electron chi connectivity index (χ3n) is 3.20. The summed E-state index contributed by atoms with van der Waals surface area (Å²) in [5.41, 5.74) is 1.04. The zero-order valence-corrected chi connectivity index (χ0v) is 13.5. The standard InChI is InChI=1S/C19H15NO6/c21-16(13-4-2-1-3-5-13)12-26-19(25)14-6-8-15(9-7-14)20-17(22)10-11-18(23)24/h1-11H,12H2,(H,20,22)(H,23,24)/b11-10+. The molecule has 1 amide bonds. The lowest BCUT2D eigenvalue weighted by atomic mass is 10.1. The summed E-state index contributed by atoms with van der Waals surface area (Å²) in [6.45, 7) is -0.374. The number of anilines is 1. The van der Waals surface area contributed by atoms with Crippen molar-refractivity contribution in [1.82, 2.24) is 0 Å². The Morgan fingerprint density at radius 3 is 2.15 bits per heavy atom. The van der Waals surface area contributed by atoms with E-state index in [9.17, 15) is 19.2 Å². The Kier molecular flexibility index (Phi) is 6.39. The lowest BCUT2D eigenvalue weighted by Gasteiger charge is -2.06. The maximum atomic E-state index is 12.0. The number of benzene rings is 2. The quantitative estimate of drug-likeness (QED) is 0.449. The molecular weight excluding hydrogens is 338 g/mol. The molecule has 2 rings (SSSR count). The Balaban J connectivity index is 1.89. The number of esters is 1. The van der Waals surface area contributed by atoms with Crippen LogP contribution in [0.3, 0.4) is 0 Å². The van der Waals surface area contributed by atoms with Crippen LogP contribution in [0.2, 0.25) is 0 Å². The molecule has 0 atom stereocenters. The molecule has 0 spiro atoms. The first-order valence-electron chi connectivity index (χ1n) is 7.53. The molecule has 0 heterocycles. The Bertz CT molecular complexity index is 840. The highest BCUT2D eigenvalue weighted by Gasteiger charge is 2.11. The monoisotopic (exact) mass is 353 g/mol. The molecule has 0 radical (unpaired) electrons. The number of hydrogen-bond acceptors (Lipinski definition) is 5. The minimum Gasteiger partial charge on any atom is -0.478 e. The van der Waals surface area contributed by atoms with Crippen LogP contribution in [0.1, 0.15) is 20.7 Å². The lowest BCUT2D eigenvalue weighted by Crippen LogP contribution is -2.14. The van der Waals surface area contributed by atoms with E-state index in [1.165, 1.54) is 24.3 Å². The van der Waals surface area contributed by atoms with Crippen LogP contribution in [0.5, 0.6) is 0 Å². The molecule has 2 aromatic rings. The van der Waals surface area contributed by atoms with E-state index >= 15 is 0 Å². The molecule has 2 N–H and O–H groups in total. The van der Waals surface area contributed by atoms with Gasteiger partial charge in [-0.05, 0) is 24.3 Å². The predicted molar refractivity (Wildman–Crippen MR) is 92.9 cm³/mol. The number of Topliss-reactive ketones (excluding diaryl/α,β-unsaturated/α-hetero) is 1. The molecule has 26 heavy (non-hydrogen) atoms. The van der Waals surface area contributed by atoms with Gasteiger partial charge in [0.1, 0.15) is 0 Å². The second-order valence-electron chi connectivity index (χ2n) is 5.10. The van der Waals surface area contributed by atoms with Gasteiger partial charge in [0.25, 0.3) is 0 Å². The van der Waals surface area contributed by atoms with Crippen molar-refractivity contribution in [3.8, 4) is 0 Å². The highest BCUT2D eigenvalue weighted by Crippen LogP contribution is 2.11. The summed E-state index contributed by atoms with van der Waals surface area (Å²) < 4.78 is 4.98. The van der Waals surface area contributed by atoms with E-state index in [2.05, 4.69) is 5.32 Å². The third-order valence-corrected chi connectivity index (χ3v) is 3.20. The van der Waals surface area contributed by atoms with Crippen LogP contribution >= 0.6 is 0 Å². The summed E-state index contributed by atoms with van der Waals surface area (Å²) in [4.78, 5) is 45.6. The SMILES string of the molecule is O=C(O)/C=C/C(=O)Nc1ccc(C(=O)OCC(=O)c2ccccc2)cc1. The van der Waals surface area contributed by atoms with E-state index in [-0.39, 0.29) is 18.0 Å². The summed E-state index contributed by atoms with van der Waals surface area (Å²) in [6, 6.07) is 14.2. The topological polar surface area (TPSA) is 110 Å². The van der Waals surface area contributed by atoms with Gasteiger partial charge in [-0.3, -0.25) is 9.59 Å². The highest BCUT2D eigenvalue weighted by molar-refractivity contribution is 6.02. The molecule has 7 heteroatoms. The average Bonchev–Trinajstić information content (AvgIpc) is 2.65. The van der Waals surface area contributed by atoms with Crippen molar-refractivity contribution in [2.75, 3.05) is 11.9 Å². The smallest absolute Gasteiger partial charge is 0.338 e. The Labute approximate surface area is 148 Å². The molecule has 0 unspecified atom stereocenters. The summed E-state index contributed by atoms with van der Waals surface area (Å²) in [6.07, 6.45) is 1.59. The van der Waals surface area contributed by atoms with Gasteiger partial charge in [0.05, 0.1) is 5.56 Å². The fourth-order valence-corrected chi connectivity index (χ4v) is 1.94. The number of rotatable bonds is 7. The van der Waals surface area contributed by atoms with Crippen LogP contribution in [0, 0.1) is 0 Å². The highest BCUT2D eigenvalue weighted by atomic mass is 16.5. The number of ketones is 1. The van der Waals surface area contributed by atoms with Crippen LogP contribution in [-0.4, -0.2) is 35.3 Å². The fourth-order valence-electron chi connectivity index (χ4n) is 1.94. The Morgan fingerprint density at radius 1 is 0.885 bits per heavy atom. The molecule has 2 aromatic carbocycles. The first-order chi connectivity index (χ1) is 12.5. The van der Waals surface area contributed by atoms with Crippen molar-refractivity contribution in [2.45, 2.75) is 0 Å². The molecule has 0 aliphatic carbocycles. The van der Waals surface area contributed by atoms with Crippen molar-refractivity contribution >= 4 is 29.3 Å². The molecule has 0 aromatic heterocycles. The van der Waals surface area contributed by atoms with E-state index in [1.54, 1.807) is 30.3 Å². The Hall–Kier alpha value is -3.74. The van der Waals surface area contributed by atoms with Gasteiger partial charge in [0.15, 0.2) is 12.4 Å². The fraction of sp³-hybridized carbons (Fsp3) is 0.0526. The van der Waals surface area contributed by atoms with Gasteiger partial charge in [0, 0.05) is 23.4 Å². The Morgan fingerprint density at radius 2 is 1.54 bits per heavy atom. The van der Waals surface area contributed by atoms with E-state index in [0.717, 1.165) is 6.08 Å². The normalized spacial score (nSPS) is 10.3. The number of carboxylic acids is 1. The van der Waals surface area contributed by atoms with E-state index in [1.807, 2.05) is 0 Å². The van der Waals surface area contributed by atoms with Crippen molar-refractivity contribution < 1.29 is 29.0 Å². The maximum Gasteiger partial charge on any atom is 0.338 e. The van der Waals surface area contributed by atoms with Crippen LogP contribution in [0.4, 0.5) is 5.69 Å². The number of carbonyl (C=O) groups is 4. The van der Waals surface area contributed by atoms with Gasteiger partial charge < -0.3 is 15.2 Å². The van der Waals surface area contributed by atoms with E-state index < -0.39 is 17.8 Å². The zero-order chi connectivity index (χ0) is 18.9. The average molecular weight is 353 g/mol. The largest absolute Gasteiger partial charge is 0.478 e. The molecule has 0 fully saturated rings. The molecule has 0 bridgehead atoms. The predicted octanol–water partition coefficient (Wildman–Crippen LogP) is 2.31. The third kappa shape index (κ3) is 5.72. The summed E-state index contributed by atoms with van der Waals surface area (Å²) >= 11 is 0.